The first-order valence-electron chi connectivity index (χ1n) is 10.6. The molecule has 0 saturated heterocycles. The first-order valence-corrected chi connectivity index (χ1v) is 10.6. The van der Waals surface area contributed by atoms with E-state index in [1.54, 1.807) is 5.32 Å². The third-order valence-corrected chi connectivity index (χ3v) is 4.94. The molecule has 2 aromatic carbocycles. The summed E-state index contributed by atoms with van der Waals surface area (Å²) >= 11 is 0. The first kappa shape index (κ1) is 29.4. The van der Waals surface area contributed by atoms with Crippen LogP contribution in [-0.2, 0) is 24.7 Å². The van der Waals surface area contributed by atoms with Gasteiger partial charge in [-0.3, -0.25) is 4.79 Å². The van der Waals surface area contributed by atoms with Crippen LogP contribution in [0.15, 0.2) is 54.6 Å². The van der Waals surface area contributed by atoms with Crippen molar-refractivity contribution in [3.05, 3.63) is 65.7 Å². The fourth-order valence-electron chi connectivity index (χ4n) is 3.13. The molecule has 0 heterocycles. The predicted octanol–water partition coefficient (Wildman–Crippen LogP) is 3.66. The molecule has 0 unspecified atom stereocenters. The quantitative estimate of drug-likeness (QED) is 0.255. The summed E-state index contributed by atoms with van der Waals surface area (Å²) in [6, 6.07) is 9.08. The van der Waals surface area contributed by atoms with Gasteiger partial charge in [-0.2, -0.15) is 26.3 Å². The Morgan fingerprint density at radius 2 is 1.38 bits per heavy atom. The van der Waals surface area contributed by atoms with Crippen molar-refractivity contribution in [3.8, 4) is 0 Å². The van der Waals surface area contributed by atoms with Gasteiger partial charge in [-0.1, -0.05) is 30.3 Å². The molecule has 0 aromatic heterocycles. The molecule has 8 nitrogen and oxygen atoms in total. The molecule has 2 atom stereocenters. The summed E-state index contributed by atoms with van der Waals surface area (Å²) < 4.78 is 93.2. The van der Waals surface area contributed by atoms with Gasteiger partial charge in [0.1, 0.15) is 0 Å². The van der Waals surface area contributed by atoms with E-state index in [-0.39, 0.29) is 5.56 Å². The van der Waals surface area contributed by atoms with Crippen LogP contribution in [0.5, 0.6) is 0 Å². The number of esters is 2. The van der Waals surface area contributed by atoms with E-state index in [9.17, 15) is 45.8 Å². The van der Waals surface area contributed by atoms with Crippen LogP contribution >= 0.6 is 0 Å². The highest BCUT2D eigenvalue weighted by atomic mass is 19.4. The minimum Gasteiger partial charge on any atom is -0.463 e. The van der Waals surface area contributed by atoms with Crippen molar-refractivity contribution < 1.29 is 55.3 Å². The molecule has 0 bridgehead atoms. The standard InChI is InChI=1S/C23H22F6N2O6/c1-3-36-18(33)20(35,22(24,25)26)15-11-8-12-16(13-15)30-21(23(27,28)29,19(34)37-4-2)31-17(32)14-9-6-5-7-10-14/h5-13,30,35H,3-4H2,1-2H3,(H,31,32)/t20-,21+/m1/s1. The van der Waals surface area contributed by atoms with Crippen LogP contribution in [0.25, 0.3) is 0 Å². The first-order chi connectivity index (χ1) is 17.1. The third kappa shape index (κ3) is 5.96. The molecule has 0 aliphatic carbocycles. The number of carbonyl (C=O) groups excluding carboxylic acids is 3. The molecule has 0 aliphatic rings. The second-order valence-electron chi connectivity index (χ2n) is 7.42. The van der Waals surface area contributed by atoms with Crippen LogP contribution in [0.2, 0.25) is 0 Å². The fourth-order valence-corrected chi connectivity index (χ4v) is 3.13. The second-order valence-corrected chi connectivity index (χ2v) is 7.42. The molecule has 0 aliphatic heterocycles. The number of nitrogens with one attached hydrogen (secondary N) is 2. The molecular formula is C23H22F6N2O6. The number of anilines is 1. The Hall–Kier alpha value is -3.81. The molecule has 1 amide bonds. The van der Waals surface area contributed by atoms with Crippen molar-refractivity contribution in [2.45, 2.75) is 37.5 Å². The number of alkyl halides is 6. The molecule has 0 fully saturated rings. The van der Waals surface area contributed by atoms with Gasteiger partial charge < -0.3 is 25.2 Å². The van der Waals surface area contributed by atoms with Crippen molar-refractivity contribution >= 4 is 23.5 Å². The largest absolute Gasteiger partial charge is 0.463 e. The van der Waals surface area contributed by atoms with E-state index in [4.69, 9.17) is 0 Å². The zero-order chi connectivity index (χ0) is 28.1. The summed E-state index contributed by atoms with van der Waals surface area (Å²) in [6.45, 7) is 1.29. The summed E-state index contributed by atoms with van der Waals surface area (Å²) in [7, 11) is 0. The molecule has 0 saturated carbocycles. The lowest BCUT2D eigenvalue weighted by Gasteiger charge is -2.36. The fraction of sp³-hybridized carbons (Fsp3) is 0.348. The topological polar surface area (TPSA) is 114 Å². The minimum atomic E-state index is -5.64. The molecule has 202 valence electrons. The monoisotopic (exact) mass is 536 g/mol. The van der Waals surface area contributed by atoms with Gasteiger partial charge in [0.15, 0.2) is 0 Å². The summed E-state index contributed by atoms with van der Waals surface area (Å²) in [5.41, 5.74) is -10.5. The number of carbonyl (C=O) groups is 3. The highest BCUT2D eigenvalue weighted by molar-refractivity contribution is 5.99. The van der Waals surface area contributed by atoms with Crippen molar-refractivity contribution in [2.24, 2.45) is 0 Å². The van der Waals surface area contributed by atoms with Crippen LogP contribution in [0.3, 0.4) is 0 Å². The Morgan fingerprint density at radius 1 is 0.811 bits per heavy atom. The van der Waals surface area contributed by atoms with Gasteiger partial charge in [0.2, 0.25) is 0 Å². The van der Waals surface area contributed by atoms with Crippen molar-refractivity contribution in [2.75, 3.05) is 18.5 Å². The van der Waals surface area contributed by atoms with Gasteiger partial charge in [0, 0.05) is 16.8 Å². The van der Waals surface area contributed by atoms with Gasteiger partial charge in [0.25, 0.3) is 11.5 Å². The molecule has 37 heavy (non-hydrogen) atoms. The van der Waals surface area contributed by atoms with E-state index in [1.165, 1.54) is 37.4 Å². The molecular weight excluding hydrogens is 514 g/mol. The van der Waals surface area contributed by atoms with Gasteiger partial charge in [-0.25, -0.2) is 9.59 Å². The average Bonchev–Trinajstić information content (AvgIpc) is 2.82. The van der Waals surface area contributed by atoms with E-state index in [2.05, 4.69) is 9.47 Å². The summed E-state index contributed by atoms with van der Waals surface area (Å²) in [4.78, 5) is 37.3. The van der Waals surface area contributed by atoms with Gasteiger partial charge in [-0.05, 0) is 38.1 Å². The van der Waals surface area contributed by atoms with Crippen LogP contribution in [0, 0.1) is 0 Å². The number of amides is 1. The predicted molar refractivity (Wildman–Crippen MR) is 116 cm³/mol. The van der Waals surface area contributed by atoms with Gasteiger partial charge in [-0.15, -0.1) is 0 Å². The maximum atomic E-state index is 14.4. The second kappa shape index (κ2) is 11.1. The Morgan fingerprint density at radius 3 is 1.89 bits per heavy atom. The number of aliphatic hydroxyl groups is 1. The molecule has 0 radical (unpaired) electrons. The molecule has 14 heteroatoms. The van der Waals surface area contributed by atoms with Crippen molar-refractivity contribution in [1.82, 2.24) is 5.32 Å². The highest BCUT2D eigenvalue weighted by Crippen LogP contribution is 2.41. The number of ether oxygens (including phenoxy) is 2. The van der Waals surface area contributed by atoms with Gasteiger partial charge in [0.05, 0.1) is 13.2 Å². The van der Waals surface area contributed by atoms with E-state index in [1.807, 2.05) is 0 Å². The van der Waals surface area contributed by atoms with Crippen molar-refractivity contribution in [1.29, 1.82) is 0 Å². The lowest BCUT2D eigenvalue weighted by Crippen LogP contribution is -2.69. The molecule has 2 rings (SSSR count). The lowest BCUT2D eigenvalue weighted by molar-refractivity contribution is -0.267. The minimum absolute atomic E-state index is 0.273. The zero-order valence-electron chi connectivity index (χ0n) is 19.4. The summed E-state index contributed by atoms with van der Waals surface area (Å²) in [5, 5.41) is 13.5. The SMILES string of the molecule is CCOC(=O)[C@@](NC(=O)c1ccccc1)(Nc1cccc([C@@](O)(C(=O)OCC)C(F)(F)F)c1)C(F)(F)F. The van der Waals surface area contributed by atoms with Crippen LogP contribution in [-0.4, -0.2) is 54.2 Å². The molecule has 3 N–H and O–H groups in total. The number of rotatable bonds is 9. The Labute approximate surface area is 206 Å². The molecule has 0 spiro atoms. The Bertz CT molecular complexity index is 1120. The maximum absolute atomic E-state index is 14.4. The number of hydrogen-bond acceptors (Lipinski definition) is 7. The summed E-state index contributed by atoms with van der Waals surface area (Å²) in [5.74, 6) is -5.51. The lowest BCUT2D eigenvalue weighted by atomic mass is 9.92. The number of halogens is 6. The van der Waals surface area contributed by atoms with E-state index < -0.39 is 65.9 Å². The van der Waals surface area contributed by atoms with Gasteiger partial charge >= 0.3 is 30.0 Å². The van der Waals surface area contributed by atoms with Crippen molar-refractivity contribution in [3.63, 3.8) is 0 Å². The average molecular weight is 536 g/mol. The van der Waals surface area contributed by atoms with E-state index in [0.29, 0.717) is 12.1 Å². The summed E-state index contributed by atoms with van der Waals surface area (Å²) in [6.07, 6.45) is -11.2. The van der Waals surface area contributed by atoms with Crippen LogP contribution in [0.1, 0.15) is 29.8 Å². The zero-order valence-corrected chi connectivity index (χ0v) is 19.4. The molecule has 2 aromatic rings. The normalized spacial score (nSPS) is 15.1. The maximum Gasteiger partial charge on any atom is 0.441 e. The number of benzene rings is 2. The Balaban J connectivity index is 2.66. The van der Waals surface area contributed by atoms with E-state index >= 15 is 0 Å². The highest BCUT2D eigenvalue weighted by Gasteiger charge is 2.65. The Kier molecular flexibility index (Phi) is 8.80. The third-order valence-electron chi connectivity index (χ3n) is 4.94. The number of hydrogen-bond donors (Lipinski definition) is 3. The van der Waals surface area contributed by atoms with Crippen LogP contribution < -0.4 is 10.6 Å². The smallest absolute Gasteiger partial charge is 0.441 e. The van der Waals surface area contributed by atoms with Crippen LogP contribution in [0.4, 0.5) is 32.0 Å². The van der Waals surface area contributed by atoms with E-state index in [0.717, 1.165) is 24.3 Å².